The van der Waals surface area contributed by atoms with Gasteiger partial charge in [-0.05, 0) is 73.3 Å². The average Bonchev–Trinajstić information content (AvgIpc) is 2.30. The molecule has 0 radical (unpaired) electrons. The number of benzene rings is 1. The molecule has 1 amide bonds. The van der Waals surface area contributed by atoms with Crippen molar-refractivity contribution in [2.45, 2.75) is 45.8 Å². The maximum absolute atomic E-state index is 13.6. The van der Waals surface area contributed by atoms with Gasteiger partial charge in [0, 0.05) is 6.54 Å². The van der Waals surface area contributed by atoms with Crippen molar-refractivity contribution in [3.8, 4) is 0 Å². The average molecular weight is 344 g/mol. The summed E-state index contributed by atoms with van der Waals surface area (Å²) in [5.74, 6) is -0.262. The van der Waals surface area contributed by atoms with Gasteiger partial charge in [-0.2, -0.15) is 0 Å². The zero-order valence-corrected chi connectivity index (χ0v) is 13.8. The van der Waals surface area contributed by atoms with Gasteiger partial charge in [0.2, 0.25) is 0 Å². The molecular weight excluding hydrogens is 325 g/mol. The van der Waals surface area contributed by atoms with E-state index >= 15 is 0 Å². The Balaban J connectivity index is 2.25. The number of hydrogen-bond acceptors (Lipinski definition) is 2. The molecule has 2 rings (SSSR count). The Morgan fingerprint density at radius 1 is 1.45 bits per heavy atom. The third-order valence-electron chi connectivity index (χ3n) is 3.35. The molecule has 0 saturated heterocycles. The predicted molar refractivity (Wildman–Crippen MR) is 79.2 cm³/mol. The minimum atomic E-state index is -0.513. The number of ether oxygens (including phenoxy) is 1. The van der Waals surface area contributed by atoms with Crippen molar-refractivity contribution in [2.24, 2.45) is 0 Å². The standard InChI is InChI=1S/C15H19BrFNO2/c1-9-11-8-12(16)13(17)7-10(11)5-6-18(9)14(19)20-15(2,3)4/h7-9H,5-6H2,1-4H3. The molecule has 5 heteroatoms. The third-order valence-corrected chi connectivity index (χ3v) is 3.96. The highest BCUT2D eigenvalue weighted by atomic mass is 79.9. The lowest BCUT2D eigenvalue weighted by Gasteiger charge is -2.36. The summed E-state index contributed by atoms with van der Waals surface area (Å²) >= 11 is 3.20. The second-order valence-electron chi connectivity index (χ2n) is 6.06. The first kappa shape index (κ1) is 15.3. The van der Waals surface area contributed by atoms with Crippen LogP contribution in [0.25, 0.3) is 0 Å². The lowest BCUT2D eigenvalue weighted by atomic mass is 9.94. The summed E-state index contributed by atoms with van der Waals surface area (Å²) in [7, 11) is 0. The Bertz CT molecular complexity index is 539. The van der Waals surface area contributed by atoms with Crippen molar-refractivity contribution in [1.82, 2.24) is 4.90 Å². The van der Waals surface area contributed by atoms with Crippen LogP contribution in [0.2, 0.25) is 0 Å². The number of halogens is 2. The number of amides is 1. The molecule has 0 N–H and O–H groups in total. The van der Waals surface area contributed by atoms with Gasteiger partial charge in [-0.1, -0.05) is 0 Å². The Morgan fingerprint density at radius 3 is 2.70 bits per heavy atom. The minimum absolute atomic E-state index is 0.120. The fourth-order valence-electron chi connectivity index (χ4n) is 2.38. The van der Waals surface area contributed by atoms with E-state index in [1.54, 1.807) is 17.0 Å². The number of fused-ring (bicyclic) bond motifs is 1. The SMILES string of the molecule is CC1c2cc(Br)c(F)cc2CCN1C(=O)OC(C)(C)C. The van der Waals surface area contributed by atoms with E-state index in [0.29, 0.717) is 17.4 Å². The smallest absolute Gasteiger partial charge is 0.410 e. The molecule has 3 nitrogen and oxygen atoms in total. The van der Waals surface area contributed by atoms with Crippen LogP contribution >= 0.6 is 15.9 Å². The second kappa shape index (κ2) is 5.35. The lowest BCUT2D eigenvalue weighted by Crippen LogP contribution is -2.42. The summed E-state index contributed by atoms with van der Waals surface area (Å²) in [6.45, 7) is 8.02. The quantitative estimate of drug-likeness (QED) is 0.696. The highest BCUT2D eigenvalue weighted by Gasteiger charge is 2.31. The van der Waals surface area contributed by atoms with Gasteiger partial charge in [-0.15, -0.1) is 0 Å². The molecule has 1 unspecified atom stereocenters. The first-order valence-electron chi connectivity index (χ1n) is 6.66. The van der Waals surface area contributed by atoms with Gasteiger partial charge in [0.05, 0.1) is 10.5 Å². The molecule has 1 aliphatic heterocycles. The van der Waals surface area contributed by atoms with Crippen molar-refractivity contribution in [1.29, 1.82) is 0 Å². The largest absolute Gasteiger partial charge is 0.444 e. The van der Waals surface area contributed by atoms with Crippen molar-refractivity contribution in [2.75, 3.05) is 6.54 Å². The molecule has 0 saturated carbocycles. The normalized spacial score (nSPS) is 18.7. The van der Waals surface area contributed by atoms with Crippen LogP contribution in [-0.4, -0.2) is 23.1 Å². The molecule has 20 heavy (non-hydrogen) atoms. The molecule has 0 bridgehead atoms. The Hall–Kier alpha value is -1.10. The zero-order chi connectivity index (χ0) is 15.1. The van der Waals surface area contributed by atoms with Crippen LogP contribution in [0.1, 0.15) is 44.9 Å². The minimum Gasteiger partial charge on any atom is -0.444 e. The topological polar surface area (TPSA) is 29.5 Å². The summed E-state index contributed by atoms with van der Waals surface area (Å²) in [5.41, 5.74) is 1.41. The van der Waals surface area contributed by atoms with Gasteiger partial charge < -0.3 is 9.64 Å². The van der Waals surface area contributed by atoms with Crippen molar-refractivity contribution in [3.63, 3.8) is 0 Å². The maximum Gasteiger partial charge on any atom is 0.410 e. The summed E-state index contributed by atoms with van der Waals surface area (Å²) in [6.07, 6.45) is 0.319. The molecule has 1 aromatic rings. The van der Waals surface area contributed by atoms with Crippen LogP contribution in [0.3, 0.4) is 0 Å². The summed E-state index contributed by atoms with van der Waals surface area (Å²) in [6, 6.07) is 3.18. The first-order chi connectivity index (χ1) is 9.19. The van der Waals surface area contributed by atoms with E-state index in [4.69, 9.17) is 4.74 Å². The van der Waals surface area contributed by atoms with Crippen LogP contribution in [-0.2, 0) is 11.2 Å². The van der Waals surface area contributed by atoms with Gasteiger partial charge >= 0.3 is 6.09 Å². The fraction of sp³-hybridized carbons (Fsp3) is 0.533. The van der Waals surface area contributed by atoms with E-state index in [9.17, 15) is 9.18 Å². The number of rotatable bonds is 0. The van der Waals surface area contributed by atoms with Crippen LogP contribution < -0.4 is 0 Å². The molecule has 0 fully saturated rings. The van der Waals surface area contributed by atoms with Crippen LogP contribution in [0, 0.1) is 5.82 Å². The van der Waals surface area contributed by atoms with Crippen LogP contribution in [0.4, 0.5) is 9.18 Å². The number of nitrogens with zero attached hydrogens (tertiary/aromatic N) is 1. The van der Waals surface area contributed by atoms with E-state index in [1.165, 1.54) is 0 Å². The van der Waals surface area contributed by atoms with Gasteiger partial charge in [-0.3, -0.25) is 0 Å². The predicted octanol–water partition coefficient (Wildman–Crippen LogP) is 4.44. The van der Waals surface area contributed by atoms with Gasteiger partial charge in [-0.25, -0.2) is 9.18 Å². The lowest BCUT2D eigenvalue weighted by molar-refractivity contribution is 0.0159. The van der Waals surface area contributed by atoms with E-state index in [-0.39, 0.29) is 18.0 Å². The maximum atomic E-state index is 13.6. The molecular formula is C15H19BrFNO2. The number of hydrogen-bond donors (Lipinski definition) is 0. The van der Waals surface area contributed by atoms with Crippen LogP contribution in [0.15, 0.2) is 16.6 Å². The van der Waals surface area contributed by atoms with Gasteiger partial charge in [0.1, 0.15) is 11.4 Å². The molecule has 110 valence electrons. The molecule has 1 atom stereocenters. The van der Waals surface area contributed by atoms with E-state index in [0.717, 1.165) is 11.1 Å². The van der Waals surface area contributed by atoms with Crippen molar-refractivity contribution < 1.29 is 13.9 Å². The molecule has 1 aliphatic rings. The molecule has 1 heterocycles. The number of carbonyl (C=O) groups is 1. The Labute approximate surface area is 127 Å². The van der Waals surface area contributed by atoms with Crippen LogP contribution in [0.5, 0.6) is 0 Å². The van der Waals surface area contributed by atoms with E-state index in [1.807, 2.05) is 27.7 Å². The Kier molecular flexibility index (Phi) is 4.09. The second-order valence-corrected chi connectivity index (χ2v) is 6.92. The molecule has 0 aromatic heterocycles. The summed E-state index contributed by atoms with van der Waals surface area (Å²) in [4.78, 5) is 13.9. The number of carbonyl (C=O) groups excluding carboxylic acids is 1. The van der Waals surface area contributed by atoms with E-state index in [2.05, 4.69) is 15.9 Å². The third kappa shape index (κ3) is 3.14. The highest BCUT2D eigenvalue weighted by molar-refractivity contribution is 9.10. The summed E-state index contributed by atoms with van der Waals surface area (Å²) < 4.78 is 19.4. The van der Waals surface area contributed by atoms with Crippen molar-refractivity contribution in [3.05, 3.63) is 33.5 Å². The molecule has 0 aliphatic carbocycles. The Morgan fingerprint density at radius 2 is 2.10 bits per heavy atom. The van der Waals surface area contributed by atoms with Crippen molar-refractivity contribution >= 4 is 22.0 Å². The molecule has 0 spiro atoms. The molecule has 1 aromatic carbocycles. The first-order valence-corrected chi connectivity index (χ1v) is 7.46. The van der Waals surface area contributed by atoms with Gasteiger partial charge in [0.15, 0.2) is 0 Å². The monoisotopic (exact) mass is 343 g/mol. The van der Waals surface area contributed by atoms with E-state index < -0.39 is 5.60 Å². The fourth-order valence-corrected chi connectivity index (χ4v) is 2.74. The summed E-state index contributed by atoms with van der Waals surface area (Å²) in [5, 5.41) is 0. The zero-order valence-electron chi connectivity index (χ0n) is 12.2. The highest BCUT2D eigenvalue weighted by Crippen LogP contribution is 2.33. The van der Waals surface area contributed by atoms with Gasteiger partial charge in [0.25, 0.3) is 0 Å².